The van der Waals surface area contributed by atoms with Crippen molar-refractivity contribution < 1.29 is 19.3 Å². The van der Waals surface area contributed by atoms with Gasteiger partial charge in [-0.1, -0.05) is 6.92 Å². The summed E-state index contributed by atoms with van der Waals surface area (Å²) in [5.74, 6) is -1.22. The van der Waals surface area contributed by atoms with Gasteiger partial charge in [0.25, 0.3) is 0 Å². The van der Waals surface area contributed by atoms with E-state index >= 15 is 0 Å². The van der Waals surface area contributed by atoms with Crippen LogP contribution in [0.25, 0.3) is 0 Å². The molecule has 1 N–H and O–H groups in total. The second-order valence-electron chi connectivity index (χ2n) is 1.92. The van der Waals surface area contributed by atoms with E-state index in [0.29, 0.717) is 12.0 Å². The van der Waals surface area contributed by atoms with Crippen LogP contribution < -0.4 is 5.64 Å². The normalized spacial score (nSPS) is 18.1. The molecule has 0 unspecified atom stereocenters. The van der Waals surface area contributed by atoms with Crippen LogP contribution >= 0.6 is 0 Å². The van der Waals surface area contributed by atoms with Crippen molar-refractivity contribution in [2.75, 3.05) is 0 Å². The third-order valence-corrected chi connectivity index (χ3v) is 1.21. The summed E-state index contributed by atoms with van der Waals surface area (Å²) in [6, 6.07) is 0. The lowest BCUT2D eigenvalue weighted by Gasteiger charge is -1.98. The summed E-state index contributed by atoms with van der Waals surface area (Å²) in [4.78, 5) is 29.9. The van der Waals surface area contributed by atoms with Crippen LogP contribution in [0.4, 0.5) is 0 Å². The van der Waals surface area contributed by atoms with Crippen LogP contribution in [0, 0.1) is 0 Å². The Labute approximate surface area is 62.9 Å². The van der Waals surface area contributed by atoms with Gasteiger partial charge < -0.3 is 9.68 Å². The fraction of sp³-hybridized carbons (Fsp3) is 0.333. The molecule has 0 bridgehead atoms. The summed E-state index contributed by atoms with van der Waals surface area (Å²) in [5.41, 5.74) is 2.05. The molecule has 0 aromatic rings. The Kier molecular flexibility index (Phi) is 2.22. The monoisotopic (exact) mass is 157 g/mol. The van der Waals surface area contributed by atoms with Gasteiger partial charge in [0.05, 0.1) is 0 Å². The molecule has 0 aromatic carbocycles. The molecule has 0 spiro atoms. The van der Waals surface area contributed by atoms with Gasteiger partial charge in [-0.15, -0.1) is 0 Å². The van der Waals surface area contributed by atoms with Gasteiger partial charge in [-0.05, 0) is 6.42 Å². The fourth-order valence-corrected chi connectivity index (χ4v) is 0.642. The van der Waals surface area contributed by atoms with Crippen molar-refractivity contribution in [1.29, 1.82) is 0 Å². The molecule has 0 atom stereocenters. The van der Waals surface area contributed by atoms with Crippen molar-refractivity contribution in [2.45, 2.75) is 13.3 Å². The molecule has 0 radical (unpaired) electrons. The molecule has 0 saturated heterocycles. The maximum absolute atomic E-state index is 10.8. The smallest absolute Gasteiger partial charge is 0.331 e. The molecule has 11 heavy (non-hydrogen) atoms. The minimum absolute atomic E-state index is 0.292. The summed E-state index contributed by atoms with van der Waals surface area (Å²) < 4.78 is 0. The molecule has 1 aliphatic heterocycles. The molecule has 1 heterocycles. The average molecular weight is 157 g/mol. The van der Waals surface area contributed by atoms with Crippen molar-refractivity contribution >= 4 is 11.9 Å². The van der Waals surface area contributed by atoms with Crippen molar-refractivity contribution in [1.82, 2.24) is 5.64 Å². The number of carbonyl (C=O) groups is 2. The second kappa shape index (κ2) is 3.16. The number of hydrogen-bond acceptors (Lipinski definition) is 5. The van der Waals surface area contributed by atoms with E-state index in [9.17, 15) is 9.59 Å². The molecule has 0 aliphatic carbocycles. The first-order chi connectivity index (χ1) is 5.24. The molecular weight excluding hydrogens is 150 g/mol. The fourth-order valence-electron chi connectivity index (χ4n) is 0.642. The zero-order chi connectivity index (χ0) is 8.27. The van der Waals surface area contributed by atoms with Gasteiger partial charge in [-0.25, -0.2) is 9.59 Å². The molecular formula is C6H7NO4. The summed E-state index contributed by atoms with van der Waals surface area (Å²) in [7, 11) is 0. The quantitative estimate of drug-likeness (QED) is 0.573. The van der Waals surface area contributed by atoms with Crippen LogP contribution in [0.1, 0.15) is 13.3 Å². The SMILES string of the molecule is CCC1=CC(=O)ONOC1=O. The van der Waals surface area contributed by atoms with E-state index in [1.54, 1.807) is 12.6 Å². The lowest BCUT2D eigenvalue weighted by atomic mass is 10.2. The van der Waals surface area contributed by atoms with E-state index < -0.39 is 11.9 Å². The van der Waals surface area contributed by atoms with Crippen LogP contribution in [0.5, 0.6) is 0 Å². The molecule has 5 heteroatoms. The van der Waals surface area contributed by atoms with E-state index in [4.69, 9.17) is 0 Å². The molecule has 0 amide bonds. The van der Waals surface area contributed by atoms with E-state index in [0.717, 1.165) is 6.08 Å². The highest BCUT2D eigenvalue weighted by molar-refractivity contribution is 5.96. The summed E-state index contributed by atoms with van der Waals surface area (Å²) in [6.07, 6.45) is 1.54. The number of carbonyl (C=O) groups excluding carboxylic acids is 2. The van der Waals surface area contributed by atoms with Gasteiger partial charge >= 0.3 is 11.9 Å². The van der Waals surface area contributed by atoms with Gasteiger partial charge in [0.2, 0.25) is 0 Å². The Morgan fingerprint density at radius 1 is 1.45 bits per heavy atom. The van der Waals surface area contributed by atoms with Crippen LogP contribution in [-0.2, 0) is 19.3 Å². The van der Waals surface area contributed by atoms with Gasteiger partial charge in [0.15, 0.2) is 0 Å². The Balaban J connectivity index is 2.81. The molecule has 0 fully saturated rings. The van der Waals surface area contributed by atoms with Gasteiger partial charge in [0, 0.05) is 17.3 Å². The lowest BCUT2D eigenvalue weighted by Crippen LogP contribution is -2.19. The summed E-state index contributed by atoms with van der Waals surface area (Å²) >= 11 is 0. The zero-order valence-corrected chi connectivity index (χ0v) is 5.92. The van der Waals surface area contributed by atoms with Gasteiger partial charge in [0.1, 0.15) is 0 Å². The molecule has 5 nitrogen and oxygen atoms in total. The minimum atomic E-state index is -0.632. The molecule has 1 rings (SSSR count). The van der Waals surface area contributed by atoms with Crippen molar-refractivity contribution in [2.24, 2.45) is 0 Å². The van der Waals surface area contributed by atoms with Crippen LogP contribution in [0.3, 0.4) is 0 Å². The van der Waals surface area contributed by atoms with E-state index in [1.807, 2.05) is 0 Å². The standard InChI is InChI=1S/C6H7NO4/c1-2-4-3-5(8)10-7-11-6(4)9/h3,7H,2H2,1H3. The zero-order valence-electron chi connectivity index (χ0n) is 5.92. The van der Waals surface area contributed by atoms with Crippen molar-refractivity contribution in [3.63, 3.8) is 0 Å². The van der Waals surface area contributed by atoms with E-state index in [-0.39, 0.29) is 0 Å². The Hall–Kier alpha value is -1.36. The first-order valence-corrected chi connectivity index (χ1v) is 3.11. The van der Waals surface area contributed by atoms with Crippen molar-refractivity contribution in [3.8, 4) is 0 Å². The summed E-state index contributed by atoms with van der Waals surface area (Å²) in [6.45, 7) is 1.74. The number of nitrogens with one attached hydrogen (secondary N) is 1. The molecule has 0 aromatic heterocycles. The average Bonchev–Trinajstić information content (AvgIpc) is 2.13. The number of hydrogen-bond donors (Lipinski definition) is 1. The maximum Gasteiger partial charge on any atom is 0.356 e. The highest BCUT2D eigenvalue weighted by atomic mass is 16.9. The highest BCUT2D eigenvalue weighted by Crippen LogP contribution is 2.05. The Bertz CT molecular complexity index is 221. The van der Waals surface area contributed by atoms with E-state index in [2.05, 4.69) is 9.68 Å². The lowest BCUT2D eigenvalue weighted by molar-refractivity contribution is -0.189. The van der Waals surface area contributed by atoms with Crippen LogP contribution in [-0.4, -0.2) is 11.9 Å². The van der Waals surface area contributed by atoms with E-state index in [1.165, 1.54) is 0 Å². The summed E-state index contributed by atoms with van der Waals surface area (Å²) in [5, 5.41) is 0. The Morgan fingerprint density at radius 3 is 2.82 bits per heavy atom. The van der Waals surface area contributed by atoms with Gasteiger partial charge in [-0.2, -0.15) is 0 Å². The molecule has 1 aliphatic rings. The largest absolute Gasteiger partial charge is 0.356 e. The van der Waals surface area contributed by atoms with Gasteiger partial charge in [-0.3, -0.25) is 0 Å². The predicted molar refractivity (Wildman–Crippen MR) is 33.7 cm³/mol. The predicted octanol–water partition coefficient (Wildman–Crippen LogP) is -0.158. The topological polar surface area (TPSA) is 64.6 Å². The van der Waals surface area contributed by atoms with Crippen LogP contribution in [0.2, 0.25) is 0 Å². The number of rotatable bonds is 1. The molecule has 0 saturated carbocycles. The minimum Gasteiger partial charge on any atom is -0.331 e. The first-order valence-electron chi connectivity index (χ1n) is 3.11. The third-order valence-electron chi connectivity index (χ3n) is 1.21. The van der Waals surface area contributed by atoms with Crippen LogP contribution in [0.15, 0.2) is 11.6 Å². The Morgan fingerprint density at radius 2 is 2.18 bits per heavy atom. The van der Waals surface area contributed by atoms with Crippen molar-refractivity contribution in [3.05, 3.63) is 11.6 Å². The molecule has 60 valence electrons. The highest BCUT2D eigenvalue weighted by Gasteiger charge is 2.16. The second-order valence-corrected chi connectivity index (χ2v) is 1.92. The third kappa shape index (κ3) is 1.78. The first kappa shape index (κ1) is 7.74. The maximum atomic E-state index is 10.8.